The van der Waals surface area contributed by atoms with Gasteiger partial charge in [-0.15, -0.1) is 0 Å². The minimum absolute atomic E-state index is 0. The molecule has 0 aliphatic heterocycles. The van der Waals surface area contributed by atoms with Crippen molar-refractivity contribution in [3.8, 4) is 0 Å². The first-order chi connectivity index (χ1) is 3.56. The van der Waals surface area contributed by atoms with Crippen LogP contribution in [0.15, 0.2) is 0 Å². The van der Waals surface area contributed by atoms with E-state index in [1.165, 1.54) is 0 Å². The van der Waals surface area contributed by atoms with Crippen molar-refractivity contribution in [2.45, 2.75) is 6.42 Å². The van der Waals surface area contributed by atoms with Gasteiger partial charge >= 0.3 is 23.1 Å². The zero-order valence-electron chi connectivity index (χ0n) is 4.24. The van der Waals surface area contributed by atoms with Gasteiger partial charge in [0, 0.05) is 6.61 Å². The summed E-state index contributed by atoms with van der Waals surface area (Å²) in [6.07, 6.45) is 0.0961. The molecule has 6 heteroatoms. The summed E-state index contributed by atoms with van der Waals surface area (Å²) in [5.74, 6) is -0.358. The van der Waals surface area contributed by atoms with E-state index in [-0.39, 0.29) is 41.8 Å². The molecular formula is C3H10MgO4S. The third-order valence-corrected chi connectivity index (χ3v) is 1.36. The van der Waals surface area contributed by atoms with E-state index in [2.05, 4.69) is 0 Å². The molecule has 0 saturated carbocycles. The number of aliphatic hydroxyl groups excluding tert-OH is 1. The van der Waals surface area contributed by atoms with Crippen LogP contribution in [-0.2, 0) is 10.1 Å². The van der Waals surface area contributed by atoms with Crippen molar-refractivity contribution in [3.63, 3.8) is 0 Å². The second kappa shape index (κ2) is 5.42. The molecule has 2 N–H and O–H groups in total. The van der Waals surface area contributed by atoms with Crippen LogP contribution in [0.25, 0.3) is 0 Å². The Morgan fingerprint density at radius 2 is 1.78 bits per heavy atom. The van der Waals surface area contributed by atoms with Crippen LogP contribution in [0.2, 0.25) is 0 Å². The molecule has 0 aromatic rings. The van der Waals surface area contributed by atoms with Crippen LogP contribution in [-0.4, -0.2) is 53.5 Å². The average Bonchev–Trinajstić information content (AvgIpc) is 1.59. The van der Waals surface area contributed by atoms with Gasteiger partial charge in [0.1, 0.15) is 0 Å². The molecule has 0 aromatic heterocycles. The zero-order valence-corrected chi connectivity index (χ0v) is 5.06. The summed E-state index contributed by atoms with van der Waals surface area (Å²) < 4.78 is 27.7. The predicted molar refractivity (Wildman–Crippen MR) is 36.7 cm³/mol. The Bertz CT molecular complexity index is 140. The van der Waals surface area contributed by atoms with Crippen molar-refractivity contribution in [1.29, 1.82) is 0 Å². The van der Waals surface area contributed by atoms with E-state index in [4.69, 9.17) is 9.66 Å². The highest BCUT2D eigenvalue weighted by molar-refractivity contribution is 7.85. The van der Waals surface area contributed by atoms with Gasteiger partial charge in [-0.2, -0.15) is 8.42 Å². The first-order valence-corrected chi connectivity index (χ1v) is 3.73. The molecule has 0 aromatic carbocycles. The molecule has 0 heterocycles. The first kappa shape index (κ1) is 12.3. The van der Waals surface area contributed by atoms with Gasteiger partial charge in [0.25, 0.3) is 10.1 Å². The highest BCUT2D eigenvalue weighted by Gasteiger charge is 2.00. The molecular weight excluding hydrogens is 156 g/mol. The van der Waals surface area contributed by atoms with Gasteiger partial charge < -0.3 is 5.11 Å². The van der Waals surface area contributed by atoms with E-state index in [9.17, 15) is 8.42 Å². The third kappa shape index (κ3) is 12.0. The second-order valence-corrected chi connectivity index (χ2v) is 2.94. The van der Waals surface area contributed by atoms with Crippen LogP contribution < -0.4 is 0 Å². The summed E-state index contributed by atoms with van der Waals surface area (Å²) in [7, 11) is -3.85. The molecule has 0 radical (unpaired) electrons. The van der Waals surface area contributed by atoms with Gasteiger partial charge in [-0.05, 0) is 6.42 Å². The first-order valence-electron chi connectivity index (χ1n) is 2.12. The van der Waals surface area contributed by atoms with Crippen LogP contribution >= 0.6 is 0 Å². The fourth-order valence-corrected chi connectivity index (χ4v) is 0.741. The number of rotatable bonds is 3. The quantitative estimate of drug-likeness (QED) is 0.389. The highest BCUT2D eigenvalue weighted by Crippen LogP contribution is 1.84. The van der Waals surface area contributed by atoms with Gasteiger partial charge in [-0.3, -0.25) is 4.55 Å². The van der Waals surface area contributed by atoms with Crippen molar-refractivity contribution < 1.29 is 18.1 Å². The topological polar surface area (TPSA) is 74.6 Å². The lowest BCUT2D eigenvalue weighted by atomic mass is 10.5. The van der Waals surface area contributed by atoms with E-state index < -0.39 is 10.1 Å². The molecule has 0 atom stereocenters. The molecule has 0 spiro atoms. The molecule has 9 heavy (non-hydrogen) atoms. The van der Waals surface area contributed by atoms with Crippen molar-refractivity contribution >= 4 is 33.2 Å². The fourth-order valence-electron chi connectivity index (χ4n) is 0.247. The van der Waals surface area contributed by atoms with Gasteiger partial charge in [0.05, 0.1) is 5.75 Å². The minimum atomic E-state index is -3.85. The Balaban J connectivity index is 0. The molecule has 4 nitrogen and oxygen atoms in total. The smallest absolute Gasteiger partial charge is 0.316 e. The number of hydrogen-bond donors (Lipinski definition) is 2. The molecule has 0 fully saturated rings. The molecule has 0 rings (SSSR count). The summed E-state index contributed by atoms with van der Waals surface area (Å²) in [6, 6.07) is 0. The normalized spacial score (nSPS) is 10.4. The monoisotopic (exact) mass is 166 g/mol. The van der Waals surface area contributed by atoms with Crippen molar-refractivity contribution in [3.05, 3.63) is 0 Å². The SMILES string of the molecule is O=S(=O)(O)CCCO.[MgH2]. The maximum Gasteiger partial charge on any atom is 0.316 e. The maximum absolute atomic E-state index is 9.83. The summed E-state index contributed by atoms with van der Waals surface area (Å²) in [5, 5.41) is 8.05. The highest BCUT2D eigenvalue weighted by atomic mass is 32.2. The molecule has 0 aliphatic rings. The van der Waals surface area contributed by atoms with Gasteiger partial charge in [0.15, 0.2) is 0 Å². The Morgan fingerprint density at radius 3 is 1.89 bits per heavy atom. The Labute approximate surface area is 70.2 Å². The van der Waals surface area contributed by atoms with Crippen LogP contribution in [0.5, 0.6) is 0 Å². The van der Waals surface area contributed by atoms with Gasteiger partial charge in [-0.1, -0.05) is 0 Å². The molecule has 0 saturated heterocycles. The maximum atomic E-state index is 9.83. The van der Waals surface area contributed by atoms with Crippen molar-refractivity contribution in [2.75, 3.05) is 12.4 Å². The standard InChI is InChI=1S/C3H8O4S.Mg.2H/c4-2-1-3-8(5,6)7;;;/h4H,1-3H2,(H,5,6,7);;;. The van der Waals surface area contributed by atoms with E-state index in [1.54, 1.807) is 0 Å². The van der Waals surface area contributed by atoms with E-state index >= 15 is 0 Å². The lowest BCUT2D eigenvalue weighted by Gasteiger charge is -1.89. The molecule has 0 aliphatic carbocycles. The van der Waals surface area contributed by atoms with E-state index in [0.29, 0.717) is 0 Å². The predicted octanol–water partition coefficient (Wildman–Crippen LogP) is -1.66. The Kier molecular flexibility index (Phi) is 7.43. The van der Waals surface area contributed by atoms with Crippen LogP contribution in [0.4, 0.5) is 0 Å². The largest absolute Gasteiger partial charge is 0.396 e. The van der Waals surface area contributed by atoms with Crippen molar-refractivity contribution in [2.24, 2.45) is 0 Å². The molecule has 0 amide bonds. The molecule has 54 valence electrons. The average molecular weight is 166 g/mol. The fraction of sp³-hybridized carbons (Fsp3) is 1.00. The number of aliphatic hydroxyl groups is 1. The van der Waals surface area contributed by atoms with Gasteiger partial charge in [0.2, 0.25) is 0 Å². The van der Waals surface area contributed by atoms with Crippen LogP contribution in [0.1, 0.15) is 6.42 Å². The van der Waals surface area contributed by atoms with Gasteiger partial charge in [-0.25, -0.2) is 0 Å². The summed E-state index contributed by atoms with van der Waals surface area (Å²) in [5.41, 5.74) is 0. The summed E-state index contributed by atoms with van der Waals surface area (Å²) in [4.78, 5) is 0. The summed E-state index contributed by atoms with van der Waals surface area (Å²) in [6.45, 7) is -0.209. The minimum Gasteiger partial charge on any atom is -0.396 e. The second-order valence-electron chi connectivity index (χ2n) is 1.36. The zero-order chi connectivity index (χ0) is 6.62. The van der Waals surface area contributed by atoms with Crippen LogP contribution in [0, 0.1) is 0 Å². The van der Waals surface area contributed by atoms with E-state index in [1.807, 2.05) is 0 Å². The number of hydrogen-bond acceptors (Lipinski definition) is 3. The van der Waals surface area contributed by atoms with E-state index in [0.717, 1.165) is 0 Å². The Morgan fingerprint density at radius 1 is 1.33 bits per heavy atom. The molecule has 0 unspecified atom stereocenters. The lowest BCUT2D eigenvalue weighted by Crippen LogP contribution is -2.04. The third-order valence-electron chi connectivity index (χ3n) is 0.560. The molecule has 0 bridgehead atoms. The van der Waals surface area contributed by atoms with Crippen molar-refractivity contribution in [1.82, 2.24) is 0 Å². The Hall–Kier alpha value is 0.636. The van der Waals surface area contributed by atoms with Crippen LogP contribution in [0.3, 0.4) is 0 Å². The summed E-state index contributed by atoms with van der Waals surface area (Å²) >= 11 is 0. The lowest BCUT2D eigenvalue weighted by molar-refractivity contribution is 0.294.